The molecule has 28 N–H and O–H groups in total. The molecule has 8 aromatic rings. The first-order valence-electron chi connectivity index (χ1n) is 40.4. The summed E-state index contributed by atoms with van der Waals surface area (Å²) >= 11 is 5.15. The molecule has 48 heteroatoms. The lowest BCUT2D eigenvalue weighted by molar-refractivity contribution is -0.142. The van der Waals surface area contributed by atoms with E-state index in [1.807, 2.05) is 27.7 Å². The number of H-pyrrole nitrogens is 4. The van der Waals surface area contributed by atoms with E-state index in [1.54, 1.807) is 24.3 Å². The quantitative estimate of drug-likeness (QED) is 0.0264. The molecule has 0 saturated heterocycles. The number of hydrogen-bond acceptors (Lipinski definition) is 32. The van der Waals surface area contributed by atoms with Crippen LogP contribution in [0.5, 0.6) is 0 Å². The van der Waals surface area contributed by atoms with Crippen molar-refractivity contribution in [2.24, 2.45) is 23.7 Å². The number of aromatic nitrogens is 8. The van der Waals surface area contributed by atoms with E-state index in [0.29, 0.717) is 143 Å². The molecule has 0 aromatic carbocycles. The van der Waals surface area contributed by atoms with E-state index in [1.165, 1.54) is 45.3 Å². The van der Waals surface area contributed by atoms with Crippen LogP contribution in [-0.2, 0) is 89.7 Å². The molecule has 0 bridgehead atoms. The van der Waals surface area contributed by atoms with Gasteiger partial charge in [-0.15, -0.1) is 45.3 Å². The maximum atomic E-state index is 12.5. The van der Waals surface area contributed by atoms with E-state index in [2.05, 4.69) is 82.4 Å². The smallest absolute Gasteiger partial charge is 0.326 e. The van der Waals surface area contributed by atoms with Gasteiger partial charge in [0.15, 0.2) is 0 Å². The number of anilines is 8. The minimum Gasteiger partial charge on any atom is -0.481 e. The molecule has 4 unspecified atom stereocenters. The van der Waals surface area contributed by atoms with Crippen LogP contribution in [0.4, 0.5) is 47.1 Å². The van der Waals surface area contributed by atoms with Gasteiger partial charge in [0.1, 0.15) is 47.4 Å². The Bertz CT molecular complexity index is 5070. The van der Waals surface area contributed by atoms with Crippen LogP contribution < -0.4 is 87.7 Å². The molecule has 12 heterocycles. The lowest BCUT2D eigenvalue weighted by atomic mass is 9.92. The molecule has 12 rings (SSSR count). The summed E-state index contributed by atoms with van der Waals surface area (Å²) in [6.45, 7) is 10.2. The number of carbonyl (C=O) groups is 12. The van der Waals surface area contributed by atoms with Crippen molar-refractivity contribution in [2.75, 3.05) is 70.4 Å². The van der Waals surface area contributed by atoms with Crippen LogP contribution in [0.2, 0.25) is 0 Å². The average Bonchev–Trinajstić information content (AvgIpc) is 0.904. The normalized spacial score (nSPS) is 16.0. The summed E-state index contributed by atoms with van der Waals surface area (Å²) in [6, 6.07) is 1.76. The molecule has 0 aliphatic carbocycles. The van der Waals surface area contributed by atoms with Crippen molar-refractivity contribution in [3.63, 3.8) is 0 Å². The third-order valence-corrected chi connectivity index (χ3v) is 26.6. The minimum absolute atomic E-state index is 0.0767. The highest BCUT2D eigenvalue weighted by molar-refractivity contribution is 7.15. The van der Waals surface area contributed by atoms with Crippen LogP contribution in [0.1, 0.15) is 180 Å². The van der Waals surface area contributed by atoms with Crippen LogP contribution in [0, 0.1) is 51.4 Å². The number of nitrogens with one attached hydrogen (secondary N) is 12. The van der Waals surface area contributed by atoms with Gasteiger partial charge < -0.3 is 106 Å². The summed E-state index contributed by atoms with van der Waals surface area (Å²) in [5.41, 5.74) is 27.4. The number of nitrogen functional groups attached to an aromatic ring is 4. The Morgan fingerprint density at radius 1 is 0.344 bits per heavy atom. The van der Waals surface area contributed by atoms with Gasteiger partial charge in [-0.25, -0.2) is 19.2 Å². The third kappa shape index (κ3) is 28.2. The Morgan fingerprint density at radius 3 is 0.703 bits per heavy atom. The number of aryl methyl sites for hydroxylation is 8. The monoisotopic (exact) mass is 1850 g/mol. The number of carbonyl (C=O) groups excluding carboxylic acids is 4. The van der Waals surface area contributed by atoms with Crippen molar-refractivity contribution in [1.29, 1.82) is 0 Å². The molecule has 0 saturated carbocycles. The topological polar surface area (TPSA) is 750 Å². The third-order valence-electron chi connectivity index (χ3n) is 21.4. The lowest BCUT2D eigenvalue weighted by Gasteiger charge is -2.24. The minimum atomic E-state index is -1.27. The van der Waals surface area contributed by atoms with E-state index in [0.717, 1.165) is 67.4 Å². The fraction of sp³-hybridized carbons (Fsp3) is 0.450. The SMILES string of the molecule is Cc1cc(C(=O)NC(CCC(=O)O)C(=O)O)sc1CCC1CNc2nc(N)[nH]c(=O)c2C1.Cc1cc(C(=O)NC(CCC(=O)O)C(=O)O)sc1CC[C@@H]1CNc2nc(N)[nH]c(=O)c2C1.Cc1cc(C(=O)N[C@@H](CCC(=O)O)C(=O)O)sc1CCC1CNc2nc(N)[nH]c(=O)c2C1.Cc1cc(C(=O)N[C@@H](CCC(=O)O)C(=O)O)sc1CC[C@@H]1CNc2nc(N)[nH]c(=O)c2C1. The van der Waals surface area contributed by atoms with Gasteiger partial charge in [0.25, 0.3) is 45.9 Å². The van der Waals surface area contributed by atoms with Crippen molar-refractivity contribution in [2.45, 2.75) is 180 Å². The van der Waals surface area contributed by atoms with Crippen LogP contribution >= 0.6 is 45.3 Å². The fourth-order valence-corrected chi connectivity index (χ4v) is 18.9. The second-order valence-electron chi connectivity index (χ2n) is 31.1. The number of carboxylic acid groups (broad SMARTS) is 8. The number of aliphatic carboxylic acids is 8. The number of amides is 4. The first-order chi connectivity index (χ1) is 60.5. The van der Waals surface area contributed by atoms with Gasteiger partial charge in [-0.3, -0.25) is 77.5 Å². The highest BCUT2D eigenvalue weighted by Crippen LogP contribution is 2.34. The summed E-state index contributed by atoms with van der Waals surface area (Å²) < 4.78 is 0. The fourth-order valence-electron chi connectivity index (χ4n) is 14.5. The zero-order chi connectivity index (χ0) is 93.7. The molecule has 128 heavy (non-hydrogen) atoms. The van der Waals surface area contributed by atoms with E-state index < -0.39 is 95.6 Å². The van der Waals surface area contributed by atoms with Gasteiger partial charge in [0.2, 0.25) is 23.8 Å². The van der Waals surface area contributed by atoms with Crippen LogP contribution in [-0.4, -0.2) is 202 Å². The van der Waals surface area contributed by atoms with Crippen molar-refractivity contribution in [3.05, 3.63) is 149 Å². The number of nitrogens with two attached hydrogens (primary N) is 4. The second-order valence-corrected chi connectivity index (χ2v) is 35.7. The Kier molecular flexibility index (Phi) is 34.5. The largest absolute Gasteiger partial charge is 0.481 e. The number of rotatable bonds is 36. The predicted octanol–water partition coefficient (Wildman–Crippen LogP) is 3.95. The van der Waals surface area contributed by atoms with Gasteiger partial charge in [-0.05, 0) is 201 Å². The number of carboxylic acids is 8. The summed E-state index contributed by atoms with van der Waals surface area (Å²) in [6.07, 6.45) is 6.09. The van der Waals surface area contributed by atoms with Crippen LogP contribution in [0.3, 0.4) is 0 Å². The summed E-state index contributed by atoms with van der Waals surface area (Å²) in [5.74, 6) is -8.52. The zero-order valence-electron chi connectivity index (χ0n) is 69.7. The van der Waals surface area contributed by atoms with Crippen molar-refractivity contribution in [3.8, 4) is 0 Å². The van der Waals surface area contributed by atoms with Crippen molar-refractivity contribution >= 4 is 164 Å². The molecule has 4 amide bonds. The molecule has 44 nitrogen and oxygen atoms in total. The molecular weight excluding hydrogens is 1750 g/mol. The number of fused-ring (bicyclic) bond motifs is 4. The summed E-state index contributed by atoms with van der Waals surface area (Å²) in [4.78, 5) is 219. The molecule has 0 fully saturated rings. The van der Waals surface area contributed by atoms with E-state index in [4.69, 9.17) is 43.4 Å². The van der Waals surface area contributed by atoms with Gasteiger partial charge in [-0.1, -0.05) is 0 Å². The van der Waals surface area contributed by atoms with Gasteiger partial charge in [-0.2, -0.15) is 19.9 Å². The number of aromatic amines is 4. The first-order valence-corrected chi connectivity index (χ1v) is 43.7. The Balaban J connectivity index is 0.000000193. The maximum absolute atomic E-state index is 12.5. The standard InChI is InChI=1S/4C20H25N5O6S/c4*1-9-6-14(18(29)23-12(19(30)31)3-5-15(26)27)32-13(9)4-2-10-7-11-16(22-8-10)24-20(21)25-17(11)28/h4*6,10,12H,2-5,7-8H2,1H3,(H,23,29)(H,26,27)(H,30,31)(H4,21,22,24,25,28)/t10?,12-;10-,12?;10-,12-;/m000./s1. The molecule has 0 spiro atoms. The molecular formula is C80H100N20O24S4. The molecule has 688 valence electrons. The van der Waals surface area contributed by atoms with E-state index in [-0.39, 0.29) is 121 Å². The Morgan fingerprint density at radius 2 is 0.531 bits per heavy atom. The lowest BCUT2D eigenvalue weighted by Crippen LogP contribution is -2.40. The summed E-state index contributed by atoms with van der Waals surface area (Å²) in [5, 5.41) is 94.1. The zero-order valence-corrected chi connectivity index (χ0v) is 73.0. The highest BCUT2D eigenvalue weighted by Gasteiger charge is 2.33. The number of hydrogen-bond donors (Lipinski definition) is 24. The van der Waals surface area contributed by atoms with Gasteiger partial charge in [0, 0.05) is 71.4 Å². The molecule has 4 aliphatic rings. The van der Waals surface area contributed by atoms with Gasteiger partial charge >= 0.3 is 47.8 Å². The molecule has 0 radical (unpaired) electrons. The predicted molar refractivity (Wildman–Crippen MR) is 472 cm³/mol. The Hall–Kier alpha value is -13.6. The van der Waals surface area contributed by atoms with Crippen LogP contribution in [0.15, 0.2) is 43.4 Å². The first kappa shape index (κ1) is 98.2. The summed E-state index contributed by atoms with van der Waals surface area (Å²) in [7, 11) is 0. The number of thiophene rings is 4. The van der Waals surface area contributed by atoms with Crippen molar-refractivity contribution in [1.82, 2.24) is 61.1 Å². The molecule has 8 aromatic heterocycles. The molecule has 4 aliphatic heterocycles. The Labute approximate surface area is 742 Å². The van der Waals surface area contributed by atoms with E-state index >= 15 is 0 Å². The second kappa shape index (κ2) is 45.0. The number of nitrogens with zero attached hydrogens (tertiary/aromatic N) is 4. The average molecular weight is 1850 g/mol. The van der Waals surface area contributed by atoms with Crippen molar-refractivity contribution < 1.29 is 98.4 Å². The van der Waals surface area contributed by atoms with Gasteiger partial charge in [0.05, 0.1) is 41.8 Å². The maximum Gasteiger partial charge on any atom is 0.326 e. The highest BCUT2D eigenvalue weighted by atomic mass is 32.1. The molecule has 8 atom stereocenters. The van der Waals surface area contributed by atoms with E-state index in [9.17, 15) is 97.1 Å². The van der Waals surface area contributed by atoms with Crippen LogP contribution in [0.25, 0.3) is 0 Å².